The molecule has 256 valence electrons. The predicted molar refractivity (Wildman–Crippen MR) is 190 cm³/mol. The van der Waals surface area contributed by atoms with Crippen molar-refractivity contribution in [2.45, 2.75) is 143 Å². The molecule has 3 unspecified atom stereocenters. The molecular formula is C45H58Cl2Zr. The molecule has 5 saturated carbocycles. The number of rotatable bonds is 2. The molecule has 0 saturated heterocycles. The summed E-state index contributed by atoms with van der Waals surface area (Å²) in [6, 6.07) is 10.6. The summed E-state index contributed by atoms with van der Waals surface area (Å²) in [5, 5.41) is 0. The van der Waals surface area contributed by atoms with Gasteiger partial charge in [0.25, 0.3) is 0 Å². The van der Waals surface area contributed by atoms with Gasteiger partial charge in [0.05, 0.1) is 0 Å². The van der Waals surface area contributed by atoms with Gasteiger partial charge in [0.15, 0.2) is 0 Å². The van der Waals surface area contributed by atoms with Crippen LogP contribution in [-0.4, -0.2) is 0 Å². The van der Waals surface area contributed by atoms with Gasteiger partial charge in [-0.05, 0) is 168 Å². The normalized spacial score (nSPS) is 34.2. The molecule has 0 N–H and O–H groups in total. The molecule has 48 heavy (non-hydrogen) atoms. The van der Waals surface area contributed by atoms with E-state index in [2.05, 4.69) is 92.7 Å². The second-order valence-electron chi connectivity index (χ2n) is 19.9. The van der Waals surface area contributed by atoms with Crippen molar-refractivity contribution in [3.63, 3.8) is 0 Å². The molecule has 2 aromatic rings. The second-order valence-corrected chi connectivity index (χ2v) is 19.9. The minimum Gasteiger partial charge on any atom is -1.00 e. The van der Waals surface area contributed by atoms with Crippen LogP contribution in [0.15, 0.2) is 47.1 Å². The van der Waals surface area contributed by atoms with Crippen LogP contribution >= 0.6 is 0 Å². The van der Waals surface area contributed by atoms with E-state index in [1.165, 1.54) is 67.2 Å². The van der Waals surface area contributed by atoms with E-state index < -0.39 is 0 Å². The molecule has 3 atom stereocenters. The van der Waals surface area contributed by atoms with Crippen LogP contribution in [0.25, 0.3) is 11.1 Å². The van der Waals surface area contributed by atoms with Crippen LogP contribution in [0.4, 0.5) is 0 Å². The molecule has 0 aliphatic heterocycles. The first-order chi connectivity index (χ1) is 21.2. The predicted octanol–water partition coefficient (Wildman–Crippen LogP) is 6.30. The zero-order chi connectivity index (χ0) is 31.4. The zero-order valence-electron chi connectivity index (χ0n) is 31.2. The van der Waals surface area contributed by atoms with Crippen LogP contribution in [0.2, 0.25) is 0 Å². The Morgan fingerprint density at radius 1 is 0.688 bits per heavy atom. The van der Waals surface area contributed by atoms with E-state index in [9.17, 15) is 0 Å². The number of aryl methyl sites for hydroxylation is 2. The van der Waals surface area contributed by atoms with Crippen LogP contribution in [-0.2, 0) is 37.0 Å². The number of benzene rings is 2. The molecule has 0 heterocycles. The number of hydrogen-bond acceptors (Lipinski definition) is 0. The molecule has 4 bridgehead atoms. The standard InChI is InChI=1S/C45H58.2ClH.Zr/c1-25-13-35-32(20-38(25)42(3,4)5)33-21-39(43(6,7)8)26(2)14-36(33)41(35)44(9)37-12-10-11-31(37)34-18-30(19-40(34)44)45-22-27-15-28(23-45)17-29(16-27)24-45;;;/h13-14,19-21,27-29,31,37,41H,10-12,15-18,22-24H2,1-9H3;2*1H;/q;;;+2/p-2. The molecule has 8 aliphatic carbocycles. The van der Waals surface area contributed by atoms with E-state index in [0.29, 0.717) is 11.3 Å². The second kappa shape index (κ2) is 12.0. The van der Waals surface area contributed by atoms with Crippen molar-refractivity contribution >= 4 is 0 Å². The smallest absolute Gasteiger partial charge is 1.00 e. The van der Waals surface area contributed by atoms with E-state index >= 15 is 0 Å². The van der Waals surface area contributed by atoms with Gasteiger partial charge < -0.3 is 24.8 Å². The van der Waals surface area contributed by atoms with Crippen molar-refractivity contribution in [3.05, 3.63) is 80.4 Å². The Balaban J connectivity index is 0.00000134. The Morgan fingerprint density at radius 2 is 1.17 bits per heavy atom. The van der Waals surface area contributed by atoms with Crippen LogP contribution in [0, 0.1) is 54.3 Å². The molecule has 0 radical (unpaired) electrons. The molecule has 2 aromatic carbocycles. The third kappa shape index (κ3) is 5.10. The van der Waals surface area contributed by atoms with Gasteiger partial charge in [0, 0.05) is 11.3 Å². The van der Waals surface area contributed by atoms with Crippen molar-refractivity contribution in [1.82, 2.24) is 0 Å². The number of halogens is 2. The molecule has 5 fully saturated rings. The van der Waals surface area contributed by atoms with Gasteiger partial charge in [-0.2, -0.15) is 0 Å². The van der Waals surface area contributed by atoms with E-state index in [1.54, 1.807) is 41.5 Å². The van der Waals surface area contributed by atoms with Crippen LogP contribution in [0.1, 0.15) is 152 Å². The molecule has 0 aromatic heterocycles. The number of fused-ring (bicyclic) bond motifs is 5. The van der Waals surface area contributed by atoms with E-state index in [1.807, 2.05) is 16.7 Å². The summed E-state index contributed by atoms with van der Waals surface area (Å²) in [6.45, 7) is 22.0. The summed E-state index contributed by atoms with van der Waals surface area (Å²) < 4.78 is 0. The van der Waals surface area contributed by atoms with E-state index in [-0.39, 0.29) is 67.3 Å². The van der Waals surface area contributed by atoms with Crippen molar-refractivity contribution < 1.29 is 51.0 Å². The van der Waals surface area contributed by atoms with Crippen LogP contribution in [0.5, 0.6) is 0 Å². The first-order valence-corrected chi connectivity index (χ1v) is 18.9. The van der Waals surface area contributed by atoms with Gasteiger partial charge in [-0.3, -0.25) is 0 Å². The van der Waals surface area contributed by atoms with Crippen LogP contribution < -0.4 is 24.8 Å². The summed E-state index contributed by atoms with van der Waals surface area (Å²) in [5.74, 6) is 5.11. The first kappa shape index (κ1) is 37.2. The molecule has 8 aliphatic rings. The summed E-state index contributed by atoms with van der Waals surface area (Å²) in [7, 11) is 0. The van der Waals surface area contributed by atoms with Gasteiger partial charge in [0.1, 0.15) is 0 Å². The van der Waals surface area contributed by atoms with Gasteiger partial charge in [0.2, 0.25) is 0 Å². The quantitative estimate of drug-likeness (QED) is 0.338. The average Bonchev–Trinajstić information content (AvgIpc) is 3.68. The maximum atomic E-state index is 2.91. The Bertz CT molecular complexity index is 1600. The molecule has 10 rings (SSSR count). The van der Waals surface area contributed by atoms with Gasteiger partial charge in [-0.25, -0.2) is 0 Å². The maximum absolute atomic E-state index is 2.91. The molecule has 3 heteroatoms. The molecular weight excluding hydrogens is 703 g/mol. The fourth-order valence-corrected chi connectivity index (χ4v) is 13.8. The minimum absolute atomic E-state index is 0. The molecule has 0 nitrogen and oxygen atoms in total. The number of hydrogen-bond donors (Lipinski definition) is 0. The van der Waals surface area contributed by atoms with Crippen molar-refractivity contribution in [1.29, 1.82) is 0 Å². The van der Waals surface area contributed by atoms with Gasteiger partial charge in [-0.15, -0.1) is 0 Å². The summed E-state index contributed by atoms with van der Waals surface area (Å²) in [4.78, 5) is 0. The van der Waals surface area contributed by atoms with Crippen LogP contribution in [0.3, 0.4) is 0 Å². The molecule has 0 spiro atoms. The van der Waals surface area contributed by atoms with Crippen molar-refractivity contribution in [3.8, 4) is 11.1 Å². The Kier molecular flexibility index (Phi) is 9.25. The topological polar surface area (TPSA) is 0 Å². The number of allylic oxidation sites excluding steroid dienone is 4. The first-order valence-electron chi connectivity index (χ1n) is 18.9. The van der Waals surface area contributed by atoms with Crippen molar-refractivity contribution in [2.24, 2.45) is 40.4 Å². The van der Waals surface area contributed by atoms with Gasteiger partial charge >= 0.3 is 26.2 Å². The average molecular weight is 761 g/mol. The zero-order valence-corrected chi connectivity index (χ0v) is 35.1. The summed E-state index contributed by atoms with van der Waals surface area (Å²) >= 11 is 0. The minimum atomic E-state index is 0. The third-order valence-electron chi connectivity index (χ3n) is 15.0. The maximum Gasteiger partial charge on any atom is 2.00 e. The monoisotopic (exact) mass is 758 g/mol. The fraction of sp³-hybridized carbons (Fsp3) is 0.644. The Labute approximate surface area is 324 Å². The Hall–Kier alpha value is -0.617. The SMILES string of the molecule is Cc1cc2c(cc1C(C)(C)C)-c1cc(C(C)(C)C)c(C)cc1C2C1(C)C2=C(CC(C34CC5CC(CC(C5)C3)C4)=C2)C2CCCC21.[Cl-].[Cl-].[Zr+2]. The van der Waals surface area contributed by atoms with E-state index in [4.69, 9.17) is 0 Å². The third-order valence-corrected chi connectivity index (χ3v) is 15.0. The van der Waals surface area contributed by atoms with E-state index in [0.717, 1.165) is 29.6 Å². The molecule has 0 amide bonds. The summed E-state index contributed by atoms with van der Waals surface area (Å²) in [6.07, 6.45) is 17.7. The van der Waals surface area contributed by atoms with Crippen molar-refractivity contribution in [2.75, 3.05) is 0 Å². The Morgan fingerprint density at radius 3 is 1.62 bits per heavy atom. The largest absolute Gasteiger partial charge is 2.00 e. The summed E-state index contributed by atoms with van der Waals surface area (Å²) in [5.41, 5.74) is 19.0. The van der Waals surface area contributed by atoms with Gasteiger partial charge in [-0.1, -0.05) is 96.4 Å². The fourth-order valence-electron chi connectivity index (χ4n) is 13.8.